The lowest BCUT2D eigenvalue weighted by atomic mass is 9.54. The molecule has 5 nitrogen and oxygen atoms in total. The lowest BCUT2D eigenvalue weighted by Crippen LogP contribution is -2.43. The number of fused-ring (bicyclic) bond motifs is 5. The van der Waals surface area contributed by atoms with E-state index in [1.807, 2.05) is 13.0 Å². The van der Waals surface area contributed by atoms with E-state index in [-0.39, 0.29) is 5.41 Å². The third-order valence-corrected chi connectivity index (χ3v) is 8.32. The van der Waals surface area contributed by atoms with Crippen molar-refractivity contribution in [3.05, 3.63) is 28.8 Å². The summed E-state index contributed by atoms with van der Waals surface area (Å²) in [6.07, 6.45) is 7.50. The van der Waals surface area contributed by atoms with Gasteiger partial charge in [-0.2, -0.15) is 13.6 Å². The number of rotatable bonds is 4. The molecule has 5 atom stereocenters. The maximum absolute atomic E-state index is 11.4. The van der Waals surface area contributed by atoms with Crippen molar-refractivity contribution >= 4 is 10.3 Å². The fraction of sp³-hybridized carbons (Fsp3) is 0.714. The van der Waals surface area contributed by atoms with Crippen LogP contribution in [0.25, 0.3) is 0 Å². The molecule has 1 aromatic carbocycles. The zero-order chi connectivity index (χ0) is 19.4. The average Bonchev–Trinajstić information content (AvgIpc) is 2.95. The van der Waals surface area contributed by atoms with Crippen LogP contribution in [-0.2, 0) is 23.1 Å². The number of aliphatic hydroxyl groups excluding tert-OH is 1. The highest BCUT2D eigenvalue weighted by atomic mass is 32.2. The van der Waals surface area contributed by atoms with E-state index in [0.717, 1.165) is 31.2 Å². The van der Waals surface area contributed by atoms with E-state index in [0.29, 0.717) is 42.4 Å². The number of aliphatic hydroxyl groups is 1. The van der Waals surface area contributed by atoms with Gasteiger partial charge in [0.05, 0.1) is 0 Å². The molecule has 3 aliphatic carbocycles. The molecular weight excluding hydrogens is 362 g/mol. The first-order valence-electron chi connectivity index (χ1n) is 10.3. The van der Waals surface area contributed by atoms with E-state index in [4.69, 9.17) is 9.32 Å². The summed E-state index contributed by atoms with van der Waals surface area (Å²) in [6, 6.07) is 4.08. The molecule has 1 aromatic rings. The molecule has 0 aromatic heterocycles. The molecule has 3 N–H and O–H groups in total. The number of nitrogens with two attached hydrogens (primary N) is 1. The molecule has 0 radical (unpaired) electrons. The van der Waals surface area contributed by atoms with Gasteiger partial charge in [-0.3, -0.25) is 0 Å². The van der Waals surface area contributed by atoms with Crippen molar-refractivity contribution < 1.29 is 17.7 Å². The van der Waals surface area contributed by atoms with Crippen molar-refractivity contribution in [2.45, 2.75) is 64.7 Å². The monoisotopic (exact) mass is 393 g/mol. The van der Waals surface area contributed by atoms with Crippen LogP contribution in [0.15, 0.2) is 12.1 Å². The maximum atomic E-state index is 11.4. The third-order valence-electron chi connectivity index (χ3n) is 7.91. The van der Waals surface area contributed by atoms with Crippen LogP contribution in [0.2, 0.25) is 0 Å². The molecule has 2 saturated carbocycles. The molecule has 2 fully saturated rings. The molecule has 0 unspecified atom stereocenters. The van der Waals surface area contributed by atoms with Gasteiger partial charge in [-0.05, 0) is 96.8 Å². The Morgan fingerprint density at radius 3 is 2.70 bits per heavy atom. The van der Waals surface area contributed by atoms with Gasteiger partial charge in [0.25, 0.3) is 0 Å². The van der Waals surface area contributed by atoms with Crippen LogP contribution in [0.4, 0.5) is 0 Å². The molecule has 0 aliphatic heterocycles. The van der Waals surface area contributed by atoms with Crippen LogP contribution in [-0.4, -0.2) is 20.1 Å². The van der Waals surface area contributed by atoms with Crippen LogP contribution in [0.3, 0.4) is 0 Å². The highest BCUT2D eigenvalue weighted by Gasteiger charge is 2.54. The minimum absolute atomic E-state index is 0.275. The summed E-state index contributed by atoms with van der Waals surface area (Å²) in [5.74, 6) is 2.73. The second-order valence-corrected chi connectivity index (χ2v) is 10.2. The van der Waals surface area contributed by atoms with Crippen LogP contribution >= 0.6 is 0 Å². The van der Waals surface area contributed by atoms with Crippen LogP contribution < -0.4 is 9.32 Å². The van der Waals surface area contributed by atoms with Crippen molar-refractivity contribution in [2.75, 3.05) is 6.61 Å². The van der Waals surface area contributed by atoms with Crippen molar-refractivity contribution in [2.24, 2.45) is 28.3 Å². The molecule has 3 aliphatic rings. The summed E-state index contributed by atoms with van der Waals surface area (Å²) in [5, 5.41) is 14.9. The molecule has 6 heteroatoms. The predicted octanol–water partition coefficient (Wildman–Crippen LogP) is 3.30. The summed E-state index contributed by atoms with van der Waals surface area (Å²) in [6.45, 7) is 4.73. The van der Waals surface area contributed by atoms with Gasteiger partial charge in [-0.25, -0.2) is 0 Å². The minimum Gasteiger partial charge on any atom is -0.396 e. The molecule has 0 bridgehead atoms. The van der Waals surface area contributed by atoms with Gasteiger partial charge in [0.1, 0.15) is 5.75 Å². The van der Waals surface area contributed by atoms with Gasteiger partial charge in [0, 0.05) is 6.61 Å². The third kappa shape index (κ3) is 3.19. The normalized spacial score (nSPS) is 35.3. The fourth-order valence-electron chi connectivity index (χ4n) is 6.53. The Bertz CT molecular complexity index is 837. The second kappa shape index (κ2) is 6.75. The molecule has 27 heavy (non-hydrogen) atoms. The van der Waals surface area contributed by atoms with E-state index in [1.54, 1.807) is 0 Å². The fourth-order valence-corrected chi connectivity index (χ4v) is 6.94. The van der Waals surface area contributed by atoms with Gasteiger partial charge in [0.2, 0.25) is 0 Å². The van der Waals surface area contributed by atoms with Crippen LogP contribution in [0.1, 0.15) is 68.6 Å². The number of benzene rings is 1. The summed E-state index contributed by atoms with van der Waals surface area (Å²) in [4.78, 5) is 0. The maximum Gasteiger partial charge on any atom is 0.380 e. The van der Waals surface area contributed by atoms with E-state index >= 15 is 0 Å². The summed E-state index contributed by atoms with van der Waals surface area (Å²) < 4.78 is 27.9. The Morgan fingerprint density at radius 2 is 2.04 bits per heavy atom. The first kappa shape index (κ1) is 19.2. The van der Waals surface area contributed by atoms with E-state index in [2.05, 4.69) is 13.0 Å². The van der Waals surface area contributed by atoms with Gasteiger partial charge in [0.15, 0.2) is 0 Å². The highest BCUT2D eigenvalue weighted by Crippen LogP contribution is 2.63. The molecule has 150 valence electrons. The topological polar surface area (TPSA) is 89.6 Å². The van der Waals surface area contributed by atoms with Gasteiger partial charge in [-0.1, -0.05) is 19.9 Å². The molecular formula is C21H31NO4S. The quantitative estimate of drug-likeness (QED) is 0.821. The van der Waals surface area contributed by atoms with Crippen molar-refractivity contribution in [1.82, 2.24) is 0 Å². The Kier molecular flexibility index (Phi) is 4.80. The molecule has 0 saturated heterocycles. The Labute approximate surface area is 162 Å². The highest BCUT2D eigenvalue weighted by molar-refractivity contribution is 7.84. The standard InChI is InChI=1S/C21H31NO4S/c1-3-13-10-18-14(11-20(13)26-27(22,24)25)4-6-17-16(18)8-9-21(2)15(12-23)5-7-19(17)21/h10-11,15-17,19,23H,3-9,12H2,1-2H3,(H2,22,24,25)/t15-,16+,17-,19+,21-/m1/s1. The zero-order valence-corrected chi connectivity index (χ0v) is 17.1. The van der Waals surface area contributed by atoms with E-state index in [9.17, 15) is 13.5 Å². The summed E-state index contributed by atoms with van der Waals surface area (Å²) >= 11 is 0. The summed E-state index contributed by atoms with van der Waals surface area (Å²) in [7, 11) is -4.01. The largest absolute Gasteiger partial charge is 0.396 e. The molecule has 0 spiro atoms. The Balaban J connectivity index is 1.69. The number of hydrogen-bond acceptors (Lipinski definition) is 4. The predicted molar refractivity (Wildman–Crippen MR) is 105 cm³/mol. The lowest BCUT2D eigenvalue weighted by Gasteiger charge is -2.51. The number of aryl methyl sites for hydroxylation is 2. The number of hydrogen-bond donors (Lipinski definition) is 2. The first-order valence-corrected chi connectivity index (χ1v) is 11.7. The SMILES string of the molecule is CCc1cc2c(cc1OS(N)(=O)=O)CC[C@@H]1[C@@H]2CC[C@]2(C)[C@@H](CO)CC[C@@H]12. The zero-order valence-electron chi connectivity index (χ0n) is 16.3. The first-order chi connectivity index (χ1) is 12.8. The lowest BCUT2D eigenvalue weighted by molar-refractivity contribution is 0.00955. The van der Waals surface area contributed by atoms with Gasteiger partial charge >= 0.3 is 10.3 Å². The van der Waals surface area contributed by atoms with Crippen LogP contribution in [0, 0.1) is 23.2 Å². The van der Waals surface area contributed by atoms with Crippen molar-refractivity contribution in [3.8, 4) is 5.75 Å². The van der Waals surface area contributed by atoms with Gasteiger partial charge in [-0.15, -0.1) is 0 Å². The van der Waals surface area contributed by atoms with E-state index < -0.39 is 10.3 Å². The van der Waals surface area contributed by atoms with Gasteiger partial charge < -0.3 is 9.29 Å². The Morgan fingerprint density at radius 1 is 1.26 bits per heavy atom. The second-order valence-electron chi connectivity index (χ2n) is 9.01. The van der Waals surface area contributed by atoms with Crippen molar-refractivity contribution in [3.63, 3.8) is 0 Å². The van der Waals surface area contributed by atoms with Crippen LogP contribution in [0.5, 0.6) is 5.75 Å². The molecule has 4 rings (SSSR count). The molecule has 0 heterocycles. The Hall–Kier alpha value is -1.11. The van der Waals surface area contributed by atoms with Crippen molar-refractivity contribution in [1.29, 1.82) is 0 Å². The summed E-state index contributed by atoms with van der Waals surface area (Å²) in [5.41, 5.74) is 3.79. The minimum atomic E-state index is -4.01. The average molecular weight is 394 g/mol. The molecule has 0 amide bonds. The smallest absolute Gasteiger partial charge is 0.380 e. The van der Waals surface area contributed by atoms with E-state index in [1.165, 1.54) is 24.0 Å².